The Bertz CT molecular complexity index is 771. The van der Waals surface area contributed by atoms with Gasteiger partial charge in [-0.1, -0.05) is 28.1 Å². The lowest BCUT2D eigenvalue weighted by atomic mass is 10.2. The molecule has 0 amide bonds. The summed E-state index contributed by atoms with van der Waals surface area (Å²) in [4.78, 5) is 10.9. The van der Waals surface area contributed by atoms with Crippen LogP contribution in [0, 0.1) is 6.92 Å². The second-order valence-electron chi connectivity index (χ2n) is 5.40. The number of aryl methyl sites for hydroxylation is 1. The zero-order valence-electron chi connectivity index (χ0n) is 13.8. The highest BCUT2D eigenvalue weighted by Gasteiger charge is 2.13. The summed E-state index contributed by atoms with van der Waals surface area (Å²) in [6.07, 6.45) is 1.12. The summed E-state index contributed by atoms with van der Waals surface area (Å²) < 4.78 is 13.3. The molecule has 0 saturated heterocycles. The minimum absolute atomic E-state index is 0.444. The first-order valence-electron chi connectivity index (χ1n) is 7.61. The first kappa shape index (κ1) is 19.8. The van der Waals surface area contributed by atoms with Crippen LogP contribution in [0.5, 0.6) is 11.5 Å². The number of hydrogen-bond donors (Lipinski definition) is 1. The predicted octanol–water partition coefficient (Wildman–Crippen LogP) is 5.46. The van der Waals surface area contributed by atoms with Crippen LogP contribution in [0.25, 0.3) is 3.58 Å². The summed E-state index contributed by atoms with van der Waals surface area (Å²) >= 11 is 5.71. The first-order valence-corrected chi connectivity index (χ1v) is 9.48. The van der Waals surface area contributed by atoms with E-state index in [1.54, 1.807) is 12.1 Å². The monoisotopic (exact) mass is 516 g/mol. The number of aliphatic carboxylic acids is 1. The molecule has 0 aromatic heterocycles. The third-order valence-electron chi connectivity index (χ3n) is 3.43. The maximum Gasteiger partial charge on any atom is 0.344 e. The Morgan fingerprint density at radius 2 is 1.96 bits per heavy atom. The van der Waals surface area contributed by atoms with E-state index in [0.29, 0.717) is 18.1 Å². The van der Waals surface area contributed by atoms with E-state index in [2.05, 4.69) is 38.5 Å². The van der Waals surface area contributed by atoms with Crippen molar-refractivity contribution in [1.82, 2.24) is 0 Å². The normalized spacial score (nSPS) is 12.6. The van der Waals surface area contributed by atoms with Gasteiger partial charge in [0.15, 0.2) is 6.10 Å². The average Bonchev–Trinajstić information content (AvgIpc) is 2.57. The number of carboxylic acids is 1. The minimum atomic E-state index is -0.993. The molecule has 0 heterocycles. The summed E-state index contributed by atoms with van der Waals surface area (Å²) in [5.41, 5.74) is 1.96. The quantitative estimate of drug-likeness (QED) is 0.496. The molecular formula is C19H18BrIO4. The standard InChI is InChI=1S/C19H18BrIO4/c1-12-11-16(7-8-18(12)25-13(2)19(22)23)24-10-9-17(21)14-3-5-15(20)6-4-14/h3-9,11,13H,10H2,1-2H3,(H,22,23). The molecule has 0 spiro atoms. The Morgan fingerprint density at radius 1 is 1.28 bits per heavy atom. The van der Waals surface area contributed by atoms with Gasteiger partial charge >= 0.3 is 5.97 Å². The van der Waals surface area contributed by atoms with Crippen molar-refractivity contribution in [2.45, 2.75) is 20.0 Å². The fourth-order valence-corrected chi connectivity index (χ4v) is 2.83. The van der Waals surface area contributed by atoms with E-state index in [4.69, 9.17) is 14.6 Å². The van der Waals surface area contributed by atoms with Gasteiger partial charge in [-0.15, -0.1) is 0 Å². The summed E-state index contributed by atoms with van der Waals surface area (Å²) in [6, 6.07) is 13.4. The molecule has 0 saturated carbocycles. The van der Waals surface area contributed by atoms with Crippen LogP contribution in [-0.4, -0.2) is 23.8 Å². The largest absolute Gasteiger partial charge is 0.489 e. The number of benzene rings is 2. The molecule has 1 N–H and O–H groups in total. The lowest BCUT2D eigenvalue weighted by Gasteiger charge is -2.13. The molecule has 1 unspecified atom stereocenters. The van der Waals surface area contributed by atoms with Crippen LogP contribution in [0.15, 0.2) is 53.0 Å². The maximum atomic E-state index is 10.9. The fraction of sp³-hybridized carbons (Fsp3) is 0.211. The lowest BCUT2D eigenvalue weighted by Crippen LogP contribution is -2.23. The molecule has 132 valence electrons. The Kier molecular flexibility index (Phi) is 7.31. The summed E-state index contributed by atoms with van der Waals surface area (Å²) in [5.74, 6) is 0.263. The van der Waals surface area contributed by atoms with Crippen molar-refractivity contribution in [2.75, 3.05) is 6.61 Å². The molecule has 0 radical (unpaired) electrons. The van der Waals surface area contributed by atoms with Crippen LogP contribution in [0.2, 0.25) is 0 Å². The average molecular weight is 517 g/mol. The predicted molar refractivity (Wildman–Crippen MR) is 111 cm³/mol. The zero-order chi connectivity index (χ0) is 18.4. The highest BCUT2D eigenvalue weighted by molar-refractivity contribution is 14.1. The maximum absolute atomic E-state index is 10.9. The van der Waals surface area contributed by atoms with Gasteiger partial charge in [0.1, 0.15) is 18.1 Å². The van der Waals surface area contributed by atoms with E-state index >= 15 is 0 Å². The lowest BCUT2D eigenvalue weighted by molar-refractivity contribution is -0.144. The molecular weight excluding hydrogens is 499 g/mol. The molecule has 0 bridgehead atoms. The van der Waals surface area contributed by atoms with Crippen LogP contribution in [-0.2, 0) is 4.79 Å². The number of halogens is 2. The van der Waals surface area contributed by atoms with E-state index in [1.165, 1.54) is 6.92 Å². The molecule has 4 nitrogen and oxygen atoms in total. The van der Waals surface area contributed by atoms with Crippen molar-refractivity contribution < 1.29 is 19.4 Å². The van der Waals surface area contributed by atoms with Gasteiger partial charge < -0.3 is 14.6 Å². The molecule has 2 rings (SSSR count). The van der Waals surface area contributed by atoms with Crippen LogP contribution >= 0.6 is 38.5 Å². The third kappa shape index (κ3) is 6.04. The Labute approximate surface area is 169 Å². The van der Waals surface area contributed by atoms with Crippen molar-refractivity contribution in [1.29, 1.82) is 0 Å². The van der Waals surface area contributed by atoms with Crippen LogP contribution in [0.4, 0.5) is 0 Å². The van der Waals surface area contributed by atoms with Crippen LogP contribution < -0.4 is 9.47 Å². The highest BCUT2D eigenvalue weighted by atomic mass is 127. The highest BCUT2D eigenvalue weighted by Crippen LogP contribution is 2.26. The fourth-order valence-electron chi connectivity index (χ4n) is 2.02. The van der Waals surface area contributed by atoms with Crippen LogP contribution in [0.1, 0.15) is 18.1 Å². The molecule has 0 aliphatic rings. The number of carbonyl (C=O) groups is 1. The summed E-state index contributed by atoms with van der Waals surface area (Å²) in [6.45, 7) is 3.80. The molecule has 6 heteroatoms. The topological polar surface area (TPSA) is 55.8 Å². The number of hydrogen-bond acceptors (Lipinski definition) is 3. The van der Waals surface area contributed by atoms with Crippen molar-refractivity contribution in [3.63, 3.8) is 0 Å². The van der Waals surface area contributed by atoms with Crippen molar-refractivity contribution in [3.8, 4) is 11.5 Å². The van der Waals surface area contributed by atoms with E-state index in [0.717, 1.165) is 19.2 Å². The van der Waals surface area contributed by atoms with Gasteiger partial charge in [0.25, 0.3) is 0 Å². The van der Waals surface area contributed by atoms with Crippen LogP contribution in [0.3, 0.4) is 0 Å². The van der Waals surface area contributed by atoms with Gasteiger partial charge in [-0.2, -0.15) is 0 Å². The molecule has 0 aliphatic carbocycles. The van der Waals surface area contributed by atoms with E-state index in [-0.39, 0.29) is 0 Å². The van der Waals surface area contributed by atoms with E-state index in [9.17, 15) is 4.79 Å². The molecule has 25 heavy (non-hydrogen) atoms. The molecule has 2 aromatic rings. The van der Waals surface area contributed by atoms with Gasteiger partial charge in [-0.3, -0.25) is 0 Å². The number of ether oxygens (including phenoxy) is 2. The minimum Gasteiger partial charge on any atom is -0.489 e. The summed E-state index contributed by atoms with van der Waals surface area (Å²) in [5, 5.41) is 8.91. The second kappa shape index (κ2) is 9.24. The van der Waals surface area contributed by atoms with Crippen molar-refractivity contribution in [3.05, 3.63) is 64.1 Å². The van der Waals surface area contributed by atoms with Gasteiger partial charge in [-0.25, -0.2) is 4.79 Å². The SMILES string of the molecule is Cc1cc(OCC=C(I)c2ccc(Br)cc2)ccc1OC(C)C(=O)O. The van der Waals surface area contributed by atoms with E-state index < -0.39 is 12.1 Å². The van der Waals surface area contributed by atoms with Crippen molar-refractivity contribution in [2.24, 2.45) is 0 Å². The smallest absolute Gasteiger partial charge is 0.344 e. The van der Waals surface area contributed by atoms with Gasteiger partial charge in [0, 0.05) is 8.05 Å². The zero-order valence-corrected chi connectivity index (χ0v) is 17.6. The molecule has 0 fully saturated rings. The Morgan fingerprint density at radius 3 is 2.56 bits per heavy atom. The molecule has 0 aliphatic heterocycles. The number of carboxylic acid groups (broad SMARTS) is 1. The Hall–Kier alpha value is -1.54. The van der Waals surface area contributed by atoms with E-state index in [1.807, 2.05) is 43.3 Å². The van der Waals surface area contributed by atoms with Crippen molar-refractivity contribution >= 4 is 48.1 Å². The van der Waals surface area contributed by atoms with Gasteiger partial charge in [0.05, 0.1) is 0 Å². The van der Waals surface area contributed by atoms with Gasteiger partial charge in [-0.05, 0) is 84.0 Å². The second-order valence-corrected chi connectivity index (χ2v) is 7.47. The third-order valence-corrected chi connectivity index (χ3v) is 5.02. The Balaban J connectivity index is 1.97. The molecule has 2 aromatic carbocycles. The van der Waals surface area contributed by atoms with Gasteiger partial charge in [0.2, 0.25) is 0 Å². The first-order chi connectivity index (χ1) is 11.9. The molecule has 1 atom stereocenters. The number of rotatable bonds is 7. The summed E-state index contributed by atoms with van der Waals surface area (Å²) in [7, 11) is 0.